The molecule has 6 nitrogen and oxygen atoms in total. The van der Waals surface area contributed by atoms with Gasteiger partial charge in [-0.25, -0.2) is 9.78 Å². The Bertz CT molecular complexity index is 862. The van der Waals surface area contributed by atoms with Gasteiger partial charge in [-0.15, -0.1) is 0 Å². The minimum Gasteiger partial charge on any atom is -0.487 e. The topological polar surface area (TPSA) is 73.6 Å². The molecule has 0 atom stereocenters. The van der Waals surface area contributed by atoms with Crippen molar-refractivity contribution in [2.24, 2.45) is 0 Å². The summed E-state index contributed by atoms with van der Waals surface area (Å²) in [6, 6.07) is 14.2. The Morgan fingerprint density at radius 1 is 1.24 bits per heavy atom. The number of anilines is 1. The van der Waals surface area contributed by atoms with E-state index in [0.29, 0.717) is 28.0 Å². The first-order valence-electron chi connectivity index (χ1n) is 7.42. The first-order valence-corrected chi connectivity index (χ1v) is 7.80. The summed E-state index contributed by atoms with van der Waals surface area (Å²) in [6.07, 6.45) is 1.02. The quantitative estimate of drug-likeness (QED) is 0.712. The molecular formula is C18H15ClN2O4. The number of nitrogens with one attached hydrogen (secondary N) is 1. The van der Waals surface area contributed by atoms with Crippen molar-refractivity contribution in [3.05, 3.63) is 65.5 Å². The molecule has 1 aromatic heterocycles. The fourth-order valence-electron chi connectivity index (χ4n) is 2.09. The number of halogens is 1. The van der Waals surface area contributed by atoms with Crippen LogP contribution in [0.3, 0.4) is 0 Å². The van der Waals surface area contributed by atoms with Gasteiger partial charge in [-0.1, -0.05) is 17.7 Å². The maximum absolute atomic E-state index is 11.1. The van der Waals surface area contributed by atoms with Crippen LogP contribution < -0.4 is 10.1 Å². The number of benzene rings is 2. The summed E-state index contributed by atoms with van der Waals surface area (Å²) < 4.78 is 15.6. The van der Waals surface area contributed by atoms with Gasteiger partial charge in [0.05, 0.1) is 7.11 Å². The summed E-state index contributed by atoms with van der Waals surface area (Å²) >= 11 is 5.97. The number of methoxy groups -OCH3 is 1. The zero-order valence-electron chi connectivity index (χ0n) is 13.4. The standard InChI is InChI=1S/C18H15ClN2O4/c1-23-18(22)21-14-5-7-16(8-6-14)24-10-15-11-25-17(20-15)12-3-2-4-13(19)9-12/h2-9,11H,10H2,1H3,(H,21,22). The van der Waals surface area contributed by atoms with Crippen molar-refractivity contribution in [1.82, 2.24) is 4.98 Å². The summed E-state index contributed by atoms with van der Waals surface area (Å²) in [7, 11) is 1.31. The predicted octanol–water partition coefficient (Wildman–Crippen LogP) is 4.75. The number of hydrogen-bond acceptors (Lipinski definition) is 5. The number of carbonyl (C=O) groups excluding carboxylic acids is 1. The molecule has 3 rings (SSSR count). The van der Waals surface area contributed by atoms with Crippen LogP contribution in [0.1, 0.15) is 5.69 Å². The van der Waals surface area contributed by atoms with Crippen LogP contribution in [0.25, 0.3) is 11.5 Å². The second kappa shape index (κ2) is 7.72. The van der Waals surface area contributed by atoms with Crippen LogP contribution >= 0.6 is 11.6 Å². The van der Waals surface area contributed by atoms with Gasteiger partial charge in [-0.05, 0) is 42.5 Å². The lowest BCUT2D eigenvalue weighted by Crippen LogP contribution is -2.10. The van der Waals surface area contributed by atoms with E-state index in [9.17, 15) is 4.79 Å². The Hall–Kier alpha value is -2.99. The lowest BCUT2D eigenvalue weighted by molar-refractivity contribution is 0.187. The second-order valence-corrected chi connectivity index (χ2v) is 5.52. The zero-order chi connectivity index (χ0) is 17.6. The van der Waals surface area contributed by atoms with Crippen LogP contribution in [0.15, 0.2) is 59.2 Å². The van der Waals surface area contributed by atoms with E-state index in [4.69, 9.17) is 20.8 Å². The van der Waals surface area contributed by atoms with Gasteiger partial charge in [-0.3, -0.25) is 5.32 Å². The lowest BCUT2D eigenvalue weighted by atomic mass is 10.2. The van der Waals surface area contributed by atoms with Crippen molar-refractivity contribution < 1.29 is 18.7 Å². The number of oxazole rings is 1. The van der Waals surface area contributed by atoms with Crippen molar-refractivity contribution >= 4 is 23.4 Å². The van der Waals surface area contributed by atoms with Gasteiger partial charge in [0.15, 0.2) is 0 Å². The van der Waals surface area contributed by atoms with Gasteiger partial charge in [0, 0.05) is 16.3 Å². The summed E-state index contributed by atoms with van der Waals surface area (Å²) in [5.74, 6) is 1.13. The fourth-order valence-corrected chi connectivity index (χ4v) is 2.28. The molecule has 0 saturated heterocycles. The number of nitrogens with zero attached hydrogens (tertiary/aromatic N) is 1. The zero-order valence-corrected chi connectivity index (χ0v) is 14.1. The van der Waals surface area contributed by atoms with Crippen molar-refractivity contribution in [3.8, 4) is 17.2 Å². The van der Waals surface area contributed by atoms with Crippen LogP contribution in [0.2, 0.25) is 5.02 Å². The van der Waals surface area contributed by atoms with Crippen molar-refractivity contribution in [1.29, 1.82) is 0 Å². The van der Waals surface area contributed by atoms with E-state index in [2.05, 4.69) is 15.0 Å². The summed E-state index contributed by atoms with van der Waals surface area (Å²) in [4.78, 5) is 15.5. The molecule has 2 aromatic carbocycles. The maximum Gasteiger partial charge on any atom is 0.411 e. The number of hydrogen-bond donors (Lipinski definition) is 1. The summed E-state index contributed by atoms with van der Waals surface area (Å²) in [5.41, 5.74) is 2.08. The number of ether oxygens (including phenoxy) is 2. The molecule has 0 aliphatic rings. The van der Waals surface area contributed by atoms with E-state index in [1.54, 1.807) is 42.7 Å². The predicted molar refractivity (Wildman–Crippen MR) is 93.8 cm³/mol. The Balaban J connectivity index is 1.60. The number of carbonyl (C=O) groups is 1. The van der Waals surface area contributed by atoms with Gasteiger partial charge in [0.2, 0.25) is 5.89 Å². The molecule has 3 aromatic rings. The van der Waals surface area contributed by atoms with Crippen LogP contribution in [-0.2, 0) is 11.3 Å². The largest absolute Gasteiger partial charge is 0.487 e. The van der Waals surface area contributed by atoms with Crippen molar-refractivity contribution in [2.75, 3.05) is 12.4 Å². The maximum atomic E-state index is 11.1. The molecule has 128 valence electrons. The van der Waals surface area contributed by atoms with E-state index in [1.165, 1.54) is 7.11 Å². The Kier molecular flexibility index (Phi) is 5.20. The molecule has 1 heterocycles. The highest BCUT2D eigenvalue weighted by Crippen LogP contribution is 2.23. The molecule has 1 amide bonds. The molecule has 7 heteroatoms. The summed E-state index contributed by atoms with van der Waals surface area (Å²) in [5, 5.41) is 3.18. The highest BCUT2D eigenvalue weighted by atomic mass is 35.5. The van der Waals surface area contributed by atoms with Crippen LogP contribution in [-0.4, -0.2) is 18.2 Å². The third-order valence-corrected chi connectivity index (χ3v) is 3.53. The summed E-state index contributed by atoms with van der Waals surface area (Å²) in [6.45, 7) is 0.258. The third kappa shape index (κ3) is 4.51. The molecule has 25 heavy (non-hydrogen) atoms. The average molecular weight is 359 g/mol. The first kappa shape index (κ1) is 16.9. The molecule has 0 fully saturated rings. The lowest BCUT2D eigenvalue weighted by Gasteiger charge is -2.06. The van der Waals surface area contributed by atoms with E-state index >= 15 is 0 Å². The first-order chi connectivity index (χ1) is 12.1. The Morgan fingerprint density at radius 2 is 2.04 bits per heavy atom. The molecule has 0 unspecified atom stereocenters. The van der Waals surface area contributed by atoms with Crippen molar-refractivity contribution in [2.45, 2.75) is 6.61 Å². The monoisotopic (exact) mass is 358 g/mol. The van der Waals surface area contributed by atoms with Gasteiger partial charge in [-0.2, -0.15) is 0 Å². The molecule has 1 N–H and O–H groups in total. The normalized spacial score (nSPS) is 10.3. The smallest absolute Gasteiger partial charge is 0.411 e. The molecule has 0 bridgehead atoms. The van der Waals surface area contributed by atoms with Crippen LogP contribution in [0, 0.1) is 0 Å². The molecule has 0 aliphatic heterocycles. The highest BCUT2D eigenvalue weighted by molar-refractivity contribution is 6.30. The van der Waals surface area contributed by atoms with E-state index < -0.39 is 6.09 Å². The highest BCUT2D eigenvalue weighted by Gasteiger charge is 2.08. The molecule has 0 radical (unpaired) electrons. The van der Waals surface area contributed by atoms with E-state index in [1.807, 2.05) is 12.1 Å². The molecule has 0 aliphatic carbocycles. The average Bonchev–Trinajstić information content (AvgIpc) is 3.10. The van der Waals surface area contributed by atoms with Crippen LogP contribution in [0.4, 0.5) is 10.5 Å². The molecule has 0 spiro atoms. The Morgan fingerprint density at radius 3 is 2.76 bits per heavy atom. The van der Waals surface area contributed by atoms with Crippen LogP contribution in [0.5, 0.6) is 5.75 Å². The number of amides is 1. The van der Waals surface area contributed by atoms with E-state index in [0.717, 1.165) is 5.56 Å². The molecule has 0 saturated carbocycles. The molecular weight excluding hydrogens is 344 g/mol. The van der Waals surface area contributed by atoms with Crippen molar-refractivity contribution in [3.63, 3.8) is 0 Å². The van der Waals surface area contributed by atoms with Gasteiger partial charge in [0.1, 0.15) is 24.3 Å². The number of rotatable bonds is 5. The fraction of sp³-hybridized carbons (Fsp3) is 0.111. The van der Waals surface area contributed by atoms with Gasteiger partial charge in [0.25, 0.3) is 0 Å². The minimum atomic E-state index is -0.523. The van der Waals surface area contributed by atoms with E-state index in [-0.39, 0.29) is 6.61 Å². The van der Waals surface area contributed by atoms with Gasteiger partial charge < -0.3 is 13.9 Å². The third-order valence-electron chi connectivity index (χ3n) is 3.30. The minimum absolute atomic E-state index is 0.258. The number of aromatic nitrogens is 1. The second-order valence-electron chi connectivity index (χ2n) is 5.08. The Labute approximate surface area is 149 Å². The SMILES string of the molecule is COC(=O)Nc1ccc(OCc2coc(-c3cccc(Cl)c3)n2)cc1. The van der Waals surface area contributed by atoms with Gasteiger partial charge >= 0.3 is 6.09 Å².